The molecule has 2 atom stereocenters. The number of hydrogen-bond acceptors (Lipinski definition) is 2. The first-order chi connectivity index (χ1) is 8.70. The molecule has 1 aliphatic carbocycles. The van der Waals surface area contributed by atoms with E-state index in [0.717, 1.165) is 21.6 Å². The van der Waals surface area contributed by atoms with E-state index in [1.54, 1.807) is 0 Å². The third kappa shape index (κ3) is 3.48. The van der Waals surface area contributed by atoms with Crippen LogP contribution in [0.4, 0.5) is 5.69 Å². The molecule has 1 aliphatic rings. The van der Waals surface area contributed by atoms with E-state index in [-0.39, 0.29) is 0 Å². The highest BCUT2D eigenvalue weighted by Crippen LogP contribution is 2.30. The molecule has 0 amide bonds. The van der Waals surface area contributed by atoms with Gasteiger partial charge in [-0.1, -0.05) is 38.3 Å². The van der Waals surface area contributed by atoms with Gasteiger partial charge >= 0.3 is 0 Å². The maximum atomic E-state index is 6.05. The quantitative estimate of drug-likeness (QED) is 0.830. The molecule has 0 aliphatic heterocycles. The van der Waals surface area contributed by atoms with Gasteiger partial charge in [0.25, 0.3) is 0 Å². The fourth-order valence-electron chi connectivity index (χ4n) is 2.68. The van der Waals surface area contributed by atoms with Gasteiger partial charge in [0.05, 0.1) is 12.7 Å². The van der Waals surface area contributed by atoms with Crippen molar-refractivity contribution in [2.75, 3.05) is 5.73 Å². The van der Waals surface area contributed by atoms with Crippen LogP contribution in [-0.4, -0.2) is 6.10 Å². The van der Waals surface area contributed by atoms with Crippen LogP contribution in [0.3, 0.4) is 0 Å². The third-order valence-corrected chi connectivity index (χ3v) is 4.86. The maximum absolute atomic E-state index is 6.05. The van der Waals surface area contributed by atoms with Gasteiger partial charge in [0.2, 0.25) is 0 Å². The molecule has 3 heteroatoms. The summed E-state index contributed by atoms with van der Waals surface area (Å²) in [5.74, 6) is 0.855. The summed E-state index contributed by atoms with van der Waals surface area (Å²) in [4.78, 5) is 0. The molecule has 0 heterocycles. The van der Waals surface area contributed by atoms with Crippen LogP contribution in [-0.2, 0) is 11.3 Å². The zero-order valence-electron chi connectivity index (χ0n) is 11.0. The smallest absolute Gasteiger partial charge is 0.0732 e. The lowest BCUT2D eigenvalue weighted by Gasteiger charge is -2.28. The highest BCUT2D eigenvalue weighted by atomic mass is 79.9. The van der Waals surface area contributed by atoms with E-state index in [2.05, 4.69) is 28.9 Å². The standard InChI is InChI=1S/C15H22BrNO/c1-2-11-5-3-7-13(9-11)18-10-12-6-4-8-14(17)15(12)16/h4,6,8,11,13H,2-3,5,7,9-10,17H2,1H3. The number of ether oxygens (including phenoxy) is 1. The lowest BCUT2D eigenvalue weighted by Crippen LogP contribution is -2.22. The van der Waals surface area contributed by atoms with E-state index in [1.807, 2.05) is 12.1 Å². The average Bonchev–Trinajstić information content (AvgIpc) is 2.41. The Hall–Kier alpha value is -0.540. The Kier molecular flexibility index (Phi) is 5.07. The van der Waals surface area contributed by atoms with Crippen molar-refractivity contribution in [3.05, 3.63) is 28.2 Å². The fraction of sp³-hybridized carbons (Fsp3) is 0.600. The predicted octanol–water partition coefficient (Wildman–Crippen LogP) is 4.52. The first-order valence-corrected chi connectivity index (χ1v) is 7.64. The van der Waals surface area contributed by atoms with Crippen LogP contribution in [0.15, 0.2) is 22.7 Å². The van der Waals surface area contributed by atoms with Crippen LogP contribution in [0.2, 0.25) is 0 Å². The Morgan fingerprint density at radius 2 is 2.22 bits per heavy atom. The molecule has 1 aromatic carbocycles. The lowest BCUT2D eigenvalue weighted by atomic mass is 9.85. The van der Waals surface area contributed by atoms with Crippen molar-refractivity contribution in [1.82, 2.24) is 0 Å². The van der Waals surface area contributed by atoms with Crippen molar-refractivity contribution in [1.29, 1.82) is 0 Å². The molecule has 0 bridgehead atoms. The first-order valence-electron chi connectivity index (χ1n) is 6.85. The van der Waals surface area contributed by atoms with Crippen LogP contribution in [0, 0.1) is 5.92 Å². The molecule has 0 spiro atoms. The second-order valence-electron chi connectivity index (χ2n) is 5.19. The highest BCUT2D eigenvalue weighted by molar-refractivity contribution is 9.10. The van der Waals surface area contributed by atoms with Crippen LogP contribution < -0.4 is 5.73 Å². The Bertz CT molecular complexity index is 394. The Morgan fingerprint density at radius 1 is 1.39 bits per heavy atom. The summed E-state index contributed by atoms with van der Waals surface area (Å²) in [6.45, 7) is 2.94. The molecule has 2 N–H and O–H groups in total. The van der Waals surface area contributed by atoms with E-state index < -0.39 is 0 Å². The van der Waals surface area contributed by atoms with Gasteiger partial charge in [0.1, 0.15) is 0 Å². The number of nitrogens with two attached hydrogens (primary N) is 1. The van der Waals surface area contributed by atoms with Gasteiger partial charge in [-0.3, -0.25) is 0 Å². The molecule has 2 unspecified atom stereocenters. The van der Waals surface area contributed by atoms with Crippen LogP contribution in [0.1, 0.15) is 44.6 Å². The third-order valence-electron chi connectivity index (χ3n) is 3.90. The molecule has 0 aromatic heterocycles. The Balaban J connectivity index is 1.89. The van der Waals surface area contributed by atoms with Crippen molar-refractivity contribution in [2.45, 2.75) is 51.7 Å². The molecular weight excluding hydrogens is 290 g/mol. The number of halogens is 1. The van der Waals surface area contributed by atoms with Gasteiger partial charge in [-0.05, 0) is 46.3 Å². The largest absolute Gasteiger partial charge is 0.398 e. The second kappa shape index (κ2) is 6.58. The minimum absolute atomic E-state index is 0.428. The van der Waals surface area contributed by atoms with Crippen LogP contribution in [0.5, 0.6) is 0 Å². The van der Waals surface area contributed by atoms with Crippen molar-refractivity contribution >= 4 is 21.6 Å². The van der Waals surface area contributed by atoms with E-state index >= 15 is 0 Å². The summed E-state index contributed by atoms with van der Waals surface area (Å²) in [6.07, 6.45) is 6.81. The molecule has 2 nitrogen and oxygen atoms in total. The summed E-state index contributed by atoms with van der Waals surface area (Å²) >= 11 is 3.53. The molecule has 1 saturated carbocycles. The SMILES string of the molecule is CCC1CCCC(OCc2cccc(N)c2Br)C1. The monoisotopic (exact) mass is 311 g/mol. The van der Waals surface area contributed by atoms with E-state index in [4.69, 9.17) is 10.5 Å². The molecular formula is C15H22BrNO. The Labute approximate surface area is 118 Å². The van der Waals surface area contributed by atoms with Crippen molar-refractivity contribution in [2.24, 2.45) is 5.92 Å². The van der Waals surface area contributed by atoms with Gasteiger partial charge < -0.3 is 10.5 Å². The second-order valence-corrected chi connectivity index (χ2v) is 5.99. The van der Waals surface area contributed by atoms with E-state index in [1.165, 1.54) is 32.1 Å². The zero-order chi connectivity index (χ0) is 13.0. The number of anilines is 1. The summed E-state index contributed by atoms with van der Waals surface area (Å²) in [6, 6.07) is 5.95. The van der Waals surface area contributed by atoms with Crippen molar-refractivity contribution < 1.29 is 4.74 Å². The number of hydrogen-bond donors (Lipinski definition) is 1. The number of benzene rings is 1. The topological polar surface area (TPSA) is 35.2 Å². The van der Waals surface area contributed by atoms with Gasteiger partial charge in [-0.15, -0.1) is 0 Å². The molecule has 1 aromatic rings. The van der Waals surface area contributed by atoms with Gasteiger partial charge in [0.15, 0.2) is 0 Å². The summed E-state index contributed by atoms with van der Waals surface area (Å²) in [5.41, 5.74) is 7.80. The summed E-state index contributed by atoms with van der Waals surface area (Å²) in [7, 11) is 0. The van der Waals surface area contributed by atoms with Crippen LogP contribution in [0.25, 0.3) is 0 Å². The maximum Gasteiger partial charge on any atom is 0.0732 e. The van der Waals surface area contributed by atoms with Crippen LogP contribution >= 0.6 is 15.9 Å². The highest BCUT2D eigenvalue weighted by Gasteiger charge is 2.21. The Morgan fingerprint density at radius 3 is 3.00 bits per heavy atom. The molecule has 0 saturated heterocycles. The fourth-order valence-corrected chi connectivity index (χ4v) is 3.06. The molecule has 100 valence electrons. The molecule has 18 heavy (non-hydrogen) atoms. The van der Waals surface area contributed by atoms with E-state index in [0.29, 0.717) is 12.7 Å². The average molecular weight is 312 g/mol. The normalized spacial score (nSPS) is 24.1. The first kappa shape index (κ1) is 13.9. The van der Waals surface area contributed by atoms with Crippen molar-refractivity contribution in [3.8, 4) is 0 Å². The summed E-state index contributed by atoms with van der Waals surface area (Å²) < 4.78 is 7.03. The van der Waals surface area contributed by atoms with Gasteiger partial charge in [0, 0.05) is 10.2 Å². The van der Waals surface area contributed by atoms with Gasteiger partial charge in [-0.25, -0.2) is 0 Å². The molecule has 1 fully saturated rings. The molecule has 0 radical (unpaired) electrons. The number of rotatable bonds is 4. The minimum Gasteiger partial charge on any atom is -0.398 e. The minimum atomic E-state index is 0.428. The number of nitrogen functional groups attached to an aromatic ring is 1. The zero-order valence-corrected chi connectivity index (χ0v) is 12.6. The summed E-state index contributed by atoms with van der Waals surface area (Å²) in [5, 5.41) is 0. The van der Waals surface area contributed by atoms with E-state index in [9.17, 15) is 0 Å². The van der Waals surface area contributed by atoms with Gasteiger partial charge in [-0.2, -0.15) is 0 Å². The van der Waals surface area contributed by atoms with Crippen molar-refractivity contribution in [3.63, 3.8) is 0 Å². The lowest BCUT2D eigenvalue weighted by molar-refractivity contribution is 0.00156. The predicted molar refractivity (Wildman–Crippen MR) is 79.4 cm³/mol. The molecule has 2 rings (SSSR count).